The molecule has 0 saturated carbocycles. The van der Waals surface area contributed by atoms with Crippen LogP contribution in [0, 0.1) is 0 Å². The van der Waals surface area contributed by atoms with Gasteiger partial charge in [0.1, 0.15) is 5.75 Å². The summed E-state index contributed by atoms with van der Waals surface area (Å²) in [5.41, 5.74) is 0.572. The Hall–Kier alpha value is -1.84. The molecular formula is C16H11ClO2S. The third-order valence-corrected chi connectivity index (χ3v) is 4.47. The number of hydrogen-bond acceptors (Lipinski definition) is 3. The summed E-state index contributed by atoms with van der Waals surface area (Å²) in [5, 5.41) is 1.53. The van der Waals surface area contributed by atoms with Gasteiger partial charge in [-0.25, -0.2) is 0 Å². The van der Waals surface area contributed by atoms with Crippen molar-refractivity contribution in [2.24, 2.45) is 0 Å². The van der Waals surface area contributed by atoms with Crippen molar-refractivity contribution < 1.29 is 9.53 Å². The normalized spacial score (nSPS) is 10.7. The molecule has 0 aliphatic heterocycles. The van der Waals surface area contributed by atoms with Crippen molar-refractivity contribution >= 4 is 38.8 Å². The Morgan fingerprint density at radius 2 is 1.95 bits per heavy atom. The summed E-state index contributed by atoms with van der Waals surface area (Å²) < 4.78 is 6.20. The lowest BCUT2D eigenvalue weighted by Gasteiger charge is -2.04. The standard InChI is InChI=1S/C16H11ClO2S/c1-19-13-7-6-11(8-12(13)17)16(18)15-9-10-4-2-3-5-14(10)20-15/h2-9H,1H3. The number of rotatable bonds is 3. The van der Waals surface area contributed by atoms with Gasteiger partial charge in [-0.15, -0.1) is 11.3 Å². The van der Waals surface area contributed by atoms with Crippen LogP contribution < -0.4 is 4.74 Å². The smallest absolute Gasteiger partial charge is 0.203 e. The van der Waals surface area contributed by atoms with E-state index in [4.69, 9.17) is 16.3 Å². The van der Waals surface area contributed by atoms with Gasteiger partial charge in [0, 0.05) is 10.3 Å². The van der Waals surface area contributed by atoms with Crippen LogP contribution in [0.1, 0.15) is 15.2 Å². The molecule has 0 radical (unpaired) electrons. The van der Waals surface area contributed by atoms with Crippen LogP contribution >= 0.6 is 22.9 Å². The van der Waals surface area contributed by atoms with Gasteiger partial charge in [0.25, 0.3) is 0 Å². The Bertz CT molecular complexity index is 759. The molecule has 4 heteroatoms. The number of ether oxygens (including phenoxy) is 1. The van der Waals surface area contributed by atoms with Crippen molar-refractivity contribution in [2.75, 3.05) is 7.11 Å². The monoisotopic (exact) mass is 302 g/mol. The first-order valence-corrected chi connectivity index (χ1v) is 7.25. The number of methoxy groups -OCH3 is 1. The molecular weight excluding hydrogens is 292 g/mol. The van der Waals surface area contributed by atoms with Crippen molar-refractivity contribution in [1.29, 1.82) is 0 Å². The minimum Gasteiger partial charge on any atom is -0.495 e. The number of ketones is 1. The SMILES string of the molecule is COc1ccc(C(=O)c2cc3ccccc3s2)cc1Cl. The number of hydrogen-bond donors (Lipinski definition) is 0. The molecule has 1 heterocycles. The van der Waals surface area contributed by atoms with E-state index in [0.29, 0.717) is 21.2 Å². The van der Waals surface area contributed by atoms with Gasteiger partial charge in [0.2, 0.25) is 5.78 Å². The van der Waals surface area contributed by atoms with E-state index in [1.54, 1.807) is 25.3 Å². The fourth-order valence-electron chi connectivity index (χ4n) is 2.04. The van der Waals surface area contributed by atoms with Crippen LogP contribution in [0.25, 0.3) is 10.1 Å². The minimum atomic E-state index is -0.0178. The molecule has 3 rings (SSSR count). The van der Waals surface area contributed by atoms with Crippen molar-refractivity contribution in [1.82, 2.24) is 0 Å². The first-order chi connectivity index (χ1) is 9.69. The highest BCUT2D eigenvalue weighted by Gasteiger charge is 2.14. The topological polar surface area (TPSA) is 26.3 Å². The molecule has 0 bridgehead atoms. The average molecular weight is 303 g/mol. The van der Waals surface area contributed by atoms with Gasteiger partial charge in [0.05, 0.1) is 17.0 Å². The number of fused-ring (bicyclic) bond motifs is 1. The second kappa shape index (κ2) is 5.27. The van der Waals surface area contributed by atoms with Gasteiger partial charge >= 0.3 is 0 Å². The van der Waals surface area contributed by atoms with Gasteiger partial charge < -0.3 is 4.74 Å². The molecule has 0 saturated heterocycles. The summed E-state index contributed by atoms with van der Waals surface area (Å²) in [6, 6.07) is 15.0. The number of thiophene rings is 1. The second-order valence-electron chi connectivity index (χ2n) is 4.33. The molecule has 0 aliphatic carbocycles. The highest BCUT2D eigenvalue weighted by Crippen LogP contribution is 2.30. The molecule has 20 heavy (non-hydrogen) atoms. The molecule has 0 fully saturated rings. The lowest BCUT2D eigenvalue weighted by Crippen LogP contribution is -1.98. The van der Waals surface area contributed by atoms with Crippen LogP contribution in [-0.4, -0.2) is 12.9 Å². The quantitative estimate of drug-likeness (QED) is 0.650. The number of carbonyl (C=O) groups excluding carboxylic acids is 1. The molecule has 0 unspecified atom stereocenters. The summed E-state index contributed by atoms with van der Waals surface area (Å²) in [5.74, 6) is 0.551. The molecule has 2 aromatic carbocycles. The number of carbonyl (C=O) groups is 1. The van der Waals surface area contributed by atoms with Crippen LogP contribution in [0.15, 0.2) is 48.5 Å². The van der Waals surface area contributed by atoms with Crippen molar-refractivity contribution in [3.05, 3.63) is 64.0 Å². The van der Waals surface area contributed by atoms with Crippen molar-refractivity contribution in [3.63, 3.8) is 0 Å². The zero-order chi connectivity index (χ0) is 14.1. The molecule has 0 N–H and O–H groups in total. The zero-order valence-corrected chi connectivity index (χ0v) is 12.3. The maximum atomic E-state index is 12.5. The Kier molecular flexibility index (Phi) is 3.47. The van der Waals surface area contributed by atoms with Gasteiger partial charge in [0.15, 0.2) is 0 Å². The summed E-state index contributed by atoms with van der Waals surface area (Å²) in [7, 11) is 1.55. The van der Waals surface area contributed by atoms with E-state index in [-0.39, 0.29) is 5.78 Å². The van der Waals surface area contributed by atoms with E-state index in [0.717, 1.165) is 10.1 Å². The molecule has 0 amide bonds. The lowest BCUT2D eigenvalue weighted by atomic mass is 10.1. The van der Waals surface area contributed by atoms with Gasteiger partial charge in [-0.2, -0.15) is 0 Å². The first-order valence-electron chi connectivity index (χ1n) is 6.06. The highest BCUT2D eigenvalue weighted by molar-refractivity contribution is 7.21. The maximum absolute atomic E-state index is 12.5. The summed E-state index contributed by atoms with van der Waals surface area (Å²) in [4.78, 5) is 13.2. The Balaban J connectivity index is 2.01. The lowest BCUT2D eigenvalue weighted by molar-refractivity contribution is 0.104. The fraction of sp³-hybridized carbons (Fsp3) is 0.0625. The van der Waals surface area contributed by atoms with E-state index in [1.165, 1.54) is 11.3 Å². The van der Waals surface area contributed by atoms with Crippen LogP contribution in [0.5, 0.6) is 5.75 Å². The molecule has 2 nitrogen and oxygen atoms in total. The predicted octanol–water partition coefficient (Wildman–Crippen LogP) is 4.79. The fourth-order valence-corrected chi connectivity index (χ4v) is 3.33. The molecule has 3 aromatic rings. The van der Waals surface area contributed by atoms with Gasteiger partial charge in [-0.05, 0) is 35.7 Å². The Labute approximate surface area is 125 Å². The molecule has 0 spiro atoms. The van der Waals surface area contributed by atoms with Gasteiger partial charge in [-0.1, -0.05) is 29.8 Å². The highest BCUT2D eigenvalue weighted by atomic mass is 35.5. The summed E-state index contributed by atoms with van der Waals surface area (Å²) in [6.45, 7) is 0. The summed E-state index contributed by atoms with van der Waals surface area (Å²) >= 11 is 7.56. The molecule has 0 aliphatic rings. The average Bonchev–Trinajstić information content (AvgIpc) is 2.90. The van der Waals surface area contributed by atoms with Crippen LogP contribution in [0.4, 0.5) is 0 Å². The van der Waals surface area contributed by atoms with Crippen molar-refractivity contribution in [2.45, 2.75) is 0 Å². The number of halogens is 1. The molecule has 1 aromatic heterocycles. The van der Waals surface area contributed by atoms with Crippen LogP contribution in [-0.2, 0) is 0 Å². The molecule has 0 atom stereocenters. The van der Waals surface area contributed by atoms with Crippen LogP contribution in [0.2, 0.25) is 5.02 Å². The first kappa shape index (κ1) is 13.2. The van der Waals surface area contributed by atoms with E-state index in [2.05, 4.69) is 0 Å². The van der Waals surface area contributed by atoms with Crippen LogP contribution in [0.3, 0.4) is 0 Å². The number of benzene rings is 2. The molecule has 100 valence electrons. The largest absolute Gasteiger partial charge is 0.495 e. The van der Waals surface area contributed by atoms with Crippen molar-refractivity contribution in [3.8, 4) is 5.75 Å². The third kappa shape index (κ3) is 2.30. The van der Waals surface area contributed by atoms with E-state index in [1.807, 2.05) is 30.3 Å². The summed E-state index contributed by atoms with van der Waals surface area (Å²) in [6.07, 6.45) is 0. The van der Waals surface area contributed by atoms with Gasteiger partial charge in [-0.3, -0.25) is 4.79 Å². The third-order valence-electron chi connectivity index (χ3n) is 3.06. The van der Waals surface area contributed by atoms with E-state index in [9.17, 15) is 4.79 Å². The zero-order valence-electron chi connectivity index (χ0n) is 10.7. The Morgan fingerprint density at radius 3 is 2.65 bits per heavy atom. The minimum absolute atomic E-state index is 0.0178. The predicted molar refractivity (Wildman–Crippen MR) is 83.3 cm³/mol. The van der Waals surface area contributed by atoms with E-state index < -0.39 is 0 Å². The maximum Gasteiger partial charge on any atom is 0.203 e. The van der Waals surface area contributed by atoms with E-state index >= 15 is 0 Å². The second-order valence-corrected chi connectivity index (χ2v) is 5.82. The Morgan fingerprint density at radius 1 is 1.15 bits per heavy atom.